The Labute approximate surface area is 124 Å². The molecule has 4 nitrogen and oxygen atoms in total. The molecule has 6 heteroatoms. The van der Waals surface area contributed by atoms with Gasteiger partial charge in [0.25, 0.3) is 0 Å². The molecular weight excluding hydrogens is 283 g/mol. The predicted octanol–water partition coefficient (Wildman–Crippen LogP) is 2.74. The van der Waals surface area contributed by atoms with Gasteiger partial charge in [-0.25, -0.2) is 5.84 Å². The number of unbranched alkanes of at least 4 members (excludes halogenated alkanes) is 1. The first-order valence-electron chi connectivity index (χ1n) is 6.36. The SMILES string of the molecule is CCCCN=C(NN)NCCc1ccc(Cl)cc1Cl. The summed E-state index contributed by atoms with van der Waals surface area (Å²) in [6, 6.07) is 5.51. The van der Waals surface area contributed by atoms with Crippen LogP contribution in [0.1, 0.15) is 25.3 Å². The number of benzene rings is 1. The second-order valence-electron chi connectivity index (χ2n) is 4.14. The maximum absolute atomic E-state index is 6.10. The van der Waals surface area contributed by atoms with Crippen molar-refractivity contribution in [1.29, 1.82) is 0 Å². The Kier molecular flexibility index (Phi) is 7.63. The molecule has 0 amide bonds. The van der Waals surface area contributed by atoms with Crippen molar-refractivity contribution in [3.63, 3.8) is 0 Å². The highest BCUT2D eigenvalue weighted by Crippen LogP contribution is 2.20. The fourth-order valence-corrected chi connectivity index (χ4v) is 2.04. The number of hydrazine groups is 1. The van der Waals surface area contributed by atoms with E-state index in [9.17, 15) is 0 Å². The number of halogens is 2. The molecule has 0 bridgehead atoms. The van der Waals surface area contributed by atoms with Gasteiger partial charge >= 0.3 is 0 Å². The highest BCUT2D eigenvalue weighted by Gasteiger charge is 2.02. The number of nitrogens with zero attached hydrogens (tertiary/aromatic N) is 1. The Morgan fingerprint density at radius 1 is 1.37 bits per heavy atom. The van der Waals surface area contributed by atoms with E-state index in [1.165, 1.54) is 0 Å². The van der Waals surface area contributed by atoms with Gasteiger partial charge in [-0.15, -0.1) is 0 Å². The molecule has 0 spiro atoms. The molecule has 0 radical (unpaired) electrons. The molecule has 0 aliphatic rings. The lowest BCUT2D eigenvalue weighted by atomic mass is 10.1. The van der Waals surface area contributed by atoms with Crippen molar-refractivity contribution in [3.05, 3.63) is 33.8 Å². The van der Waals surface area contributed by atoms with Crippen LogP contribution in [0.4, 0.5) is 0 Å². The summed E-state index contributed by atoms with van der Waals surface area (Å²) in [4.78, 5) is 4.32. The van der Waals surface area contributed by atoms with Crippen LogP contribution in [0.3, 0.4) is 0 Å². The van der Waals surface area contributed by atoms with E-state index in [4.69, 9.17) is 29.0 Å². The number of rotatable bonds is 6. The second kappa shape index (κ2) is 9.02. The minimum atomic E-state index is 0.610. The van der Waals surface area contributed by atoms with E-state index >= 15 is 0 Å². The molecule has 0 saturated heterocycles. The number of hydrogen-bond acceptors (Lipinski definition) is 2. The molecule has 19 heavy (non-hydrogen) atoms. The van der Waals surface area contributed by atoms with E-state index in [1.54, 1.807) is 6.07 Å². The molecule has 0 aliphatic heterocycles. The van der Waals surface area contributed by atoms with Gasteiger partial charge in [-0.3, -0.25) is 10.4 Å². The van der Waals surface area contributed by atoms with Crippen molar-refractivity contribution in [2.75, 3.05) is 13.1 Å². The maximum Gasteiger partial charge on any atom is 0.205 e. The normalized spacial score (nSPS) is 11.5. The van der Waals surface area contributed by atoms with E-state index in [2.05, 4.69) is 22.7 Å². The summed E-state index contributed by atoms with van der Waals surface area (Å²) in [5.41, 5.74) is 3.60. The van der Waals surface area contributed by atoms with Crippen molar-refractivity contribution in [1.82, 2.24) is 10.7 Å². The number of hydrogen-bond donors (Lipinski definition) is 3. The molecule has 0 aliphatic carbocycles. The third-order valence-corrected chi connectivity index (χ3v) is 3.21. The van der Waals surface area contributed by atoms with E-state index < -0.39 is 0 Å². The van der Waals surface area contributed by atoms with E-state index in [-0.39, 0.29) is 0 Å². The van der Waals surface area contributed by atoms with Gasteiger partial charge in [0.1, 0.15) is 0 Å². The molecule has 106 valence electrons. The van der Waals surface area contributed by atoms with Crippen molar-refractivity contribution in [2.45, 2.75) is 26.2 Å². The molecule has 0 fully saturated rings. The van der Waals surface area contributed by atoms with Crippen LogP contribution in [-0.4, -0.2) is 19.0 Å². The summed E-state index contributed by atoms with van der Waals surface area (Å²) in [5, 5.41) is 4.47. The molecule has 0 atom stereocenters. The molecule has 1 aromatic rings. The molecule has 0 saturated carbocycles. The predicted molar refractivity (Wildman–Crippen MR) is 82.7 cm³/mol. The maximum atomic E-state index is 6.10. The fourth-order valence-electron chi connectivity index (χ4n) is 1.54. The lowest BCUT2D eigenvalue weighted by molar-refractivity contribution is 0.770. The number of nitrogens with two attached hydrogens (primary N) is 1. The molecule has 1 aromatic carbocycles. The molecule has 0 aromatic heterocycles. The van der Waals surface area contributed by atoms with Gasteiger partial charge in [-0.05, 0) is 30.5 Å². The zero-order valence-electron chi connectivity index (χ0n) is 11.0. The minimum Gasteiger partial charge on any atom is -0.355 e. The lowest BCUT2D eigenvalue weighted by Gasteiger charge is -2.10. The Balaban J connectivity index is 2.41. The molecule has 4 N–H and O–H groups in total. The van der Waals surface area contributed by atoms with Gasteiger partial charge in [0.05, 0.1) is 0 Å². The largest absolute Gasteiger partial charge is 0.355 e. The summed E-state index contributed by atoms with van der Waals surface area (Å²) in [7, 11) is 0. The first-order valence-corrected chi connectivity index (χ1v) is 7.11. The Hall–Kier alpha value is -0.970. The first kappa shape index (κ1) is 16.1. The van der Waals surface area contributed by atoms with Crippen LogP contribution < -0.4 is 16.6 Å². The third-order valence-electron chi connectivity index (χ3n) is 2.62. The number of guanidine groups is 1. The summed E-state index contributed by atoms with van der Waals surface area (Å²) in [6.07, 6.45) is 2.95. The Morgan fingerprint density at radius 2 is 2.16 bits per heavy atom. The minimum absolute atomic E-state index is 0.610. The molecule has 1 rings (SSSR count). The summed E-state index contributed by atoms with van der Waals surface area (Å²) < 4.78 is 0. The van der Waals surface area contributed by atoms with Crippen LogP contribution >= 0.6 is 23.2 Å². The van der Waals surface area contributed by atoms with Crippen LogP contribution in [0.25, 0.3) is 0 Å². The van der Waals surface area contributed by atoms with E-state index in [0.29, 0.717) is 22.5 Å². The topological polar surface area (TPSA) is 62.4 Å². The zero-order chi connectivity index (χ0) is 14.1. The molecule has 0 unspecified atom stereocenters. The number of aliphatic imine (C=N–C) groups is 1. The Morgan fingerprint density at radius 3 is 2.79 bits per heavy atom. The summed E-state index contributed by atoms with van der Waals surface area (Å²) in [5.74, 6) is 6.01. The second-order valence-corrected chi connectivity index (χ2v) is 4.98. The quantitative estimate of drug-likeness (QED) is 0.249. The van der Waals surface area contributed by atoms with Crippen LogP contribution in [0, 0.1) is 0 Å². The third kappa shape index (κ3) is 6.14. The van der Waals surface area contributed by atoms with Gasteiger partial charge in [0, 0.05) is 23.1 Å². The van der Waals surface area contributed by atoms with Crippen LogP contribution in [0.2, 0.25) is 10.0 Å². The van der Waals surface area contributed by atoms with Gasteiger partial charge in [0.15, 0.2) is 0 Å². The van der Waals surface area contributed by atoms with Crippen LogP contribution in [-0.2, 0) is 6.42 Å². The summed E-state index contributed by atoms with van der Waals surface area (Å²) in [6.45, 7) is 3.60. The lowest BCUT2D eigenvalue weighted by Crippen LogP contribution is -2.42. The number of nitrogens with one attached hydrogen (secondary N) is 2. The van der Waals surface area contributed by atoms with Gasteiger partial charge in [-0.1, -0.05) is 42.6 Å². The molecule has 0 heterocycles. The fraction of sp³-hybridized carbons (Fsp3) is 0.462. The van der Waals surface area contributed by atoms with Gasteiger partial charge in [-0.2, -0.15) is 0 Å². The van der Waals surface area contributed by atoms with Crippen molar-refractivity contribution >= 4 is 29.2 Å². The van der Waals surface area contributed by atoms with Crippen LogP contribution in [0.5, 0.6) is 0 Å². The summed E-state index contributed by atoms with van der Waals surface area (Å²) >= 11 is 11.9. The van der Waals surface area contributed by atoms with E-state index in [0.717, 1.165) is 31.4 Å². The van der Waals surface area contributed by atoms with E-state index in [1.807, 2.05) is 12.1 Å². The van der Waals surface area contributed by atoms with Crippen molar-refractivity contribution in [3.8, 4) is 0 Å². The first-order chi connectivity index (χ1) is 9.17. The smallest absolute Gasteiger partial charge is 0.205 e. The van der Waals surface area contributed by atoms with Gasteiger partial charge < -0.3 is 5.32 Å². The highest BCUT2D eigenvalue weighted by atomic mass is 35.5. The average Bonchev–Trinajstić information content (AvgIpc) is 2.39. The standard InChI is InChI=1S/C13H20Cl2N4/c1-2-3-7-17-13(19-16)18-8-6-10-4-5-11(14)9-12(10)15/h4-5,9H,2-3,6-8,16H2,1H3,(H2,17,18,19). The zero-order valence-corrected chi connectivity index (χ0v) is 12.6. The molecular formula is C13H20Cl2N4. The van der Waals surface area contributed by atoms with Crippen molar-refractivity contribution < 1.29 is 0 Å². The van der Waals surface area contributed by atoms with Crippen molar-refractivity contribution in [2.24, 2.45) is 10.8 Å². The Bertz CT molecular complexity index is 421. The highest BCUT2D eigenvalue weighted by molar-refractivity contribution is 6.35. The van der Waals surface area contributed by atoms with Crippen LogP contribution in [0.15, 0.2) is 23.2 Å². The van der Waals surface area contributed by atoms with Gasteiger partial charge in [0.2, 0.25) is 5.96 Å². The average molecular weight is 303 g/mol. The monoisotopic (exact) mass is 302 g/mol.